The molecule has 17 heavy (non-hydrogen) atoms. The summed E-state index contributed by atoms with van der Waals surface area (Å²) >= 11 is 0. The first-order chi connectivity index (χ1) is 7.89. The smallest absolute Gasteiger partial charge is 0.0638 e. The van der Waals surface area contributed by atoms with Crippen LogP contribution in [0.4, 0.5) is 0 Å². The van der Waals surface area contributed by atoms with Crippen LogP contribution in [-0.4, -0.2) is 67.8 Å². The first-order valence-electron chi connectivity index (χ1n) is 6.59. The molecule has 2 unspecified atom stereocenters. The summed E-state index contributed by atoms with van der Waals surface area (Å²) < 4.78 is 5.52. The first-order valence-corrected chi connectivity index (χ1v) is 6.59. The van der Waals surface area contributed by atoms with Crippen LogP contribution in [0.3, 0.4) is 0 Å². The predicted octanol–water partition coefficient (Wildman–Crippen LogP) is 0.765. The number of ether oxygens (including phenoxy) is 1. The summed E-state index contributed by atoms with van der Waals surface area (Å²) in [6.07, 6.45) is 0.996. The molecule has 0 aromatic heterocycles. The fraction of sp³-hybridized carbons (Fsp3) is 1.00. The van der Waals surface area contributed by atoms with E-state index in [1.165, 1.54) is 0 Å². The molecule has 0 aromatic carbocycles. The molecule has 0 amide bonds. The zero-order valence-electron chi connectivity index (χ0n) is 12.1. The summed E-state index contributed by atoms with van der Waals surface area (Å²) in [4.78, 5) is 4.93. The van der Waals surface area contributed by atoms with Gasteiger partial charge in [0, 0.05) is 45.4 Å². The van der Waals surface area contributed by atoms with Gasteiger partial charge in [0.2, 0.25) is 0 Å². The van der Waals surface area contributed by atoms with Crippen molar-refractivity contribution < 1.29 is 4.74 Å². The fourth-order valence-electron chi connectivity index (χ4n) is 2.42. The lowest BCUT2D eigenvalue weighted by Gasteiger charge is -2.43. The van der Waals surface area contributed by atoms with Crippen LogP contribution in [0.25, 0.3) is 0 Å². The molecule has 1 heterocycles. The molecule has 2 N–H and O–H groups in total. The monoisotopic (exact) mass is 243 g/mol. The van der Waals surface area contributed by atoms with Gasteiger partial charge in [-0.2, -0.15) is 0 Å². The first kappa shape index (κ1) is 14.9. The minimum atomic E-state index is -0.0867. The van der Waals surface area contributed by atoms with Gasteiger partial charge in [-0.1, -0.05) is 0 Å². The molecule has 102 valence electrons. The molecule has 1 saturated heterocycles. The van der Waals surface area contributed by atoms with Gasteiger partial charge in [-0.3, -0.25) is 4.90 Å². The van der Waals surface area contributed by atoms with Gasteiger partial charge in [0.25, 0.3) is 0 Å². The van der Waals surface area contributed by atoms with Crippen LogP contribution in [0.15, 0.2) is 0 Å². The molecular weight excluding hydrogens is 214 g/mol. The van der Waals surface area contributed by atoms with E-state index in [1.807, 2.05) is 0 Å². The quantitative estimate of drug-likeness (QED) is 0.774. The van der Waals surface area contributed by atoms with Gasteiger partial charge in [-0.25, -0.2) is 0 Å². The highest BCUT2D eigenvalue weighted by atomic mass is 16.5. The van der Waals surface area contributed by atoms with Gasteiger partial charge in [0.05, 0.1) is 5.60 Å². The third-order valence-corrected chi connectivity index (χ3v) is 4.06. The number of nitrogens with two attached hydrogens (primary N) is 1. The lowest BCUT2D eigenvalue weighted by molar-refractivity contribution is -0.0185. The number of hydrogen-bond donors (Lipinski definition) is 1. The SMILES string of the molecule is COC(C)(C)CC(CN)N1CCN(C)C(C)C1. The van der Waals surface area contributed by atoms with Crippen molar-refractivity contribution >= 4 is 0 Å². The maximum absolute atomic E-state index is 5.93. The second kappa shape index (κ2) is 6.14. The lowest BCUT2D eigenvalue weighted by Crippen LogP contribution is -2.56. The molecule has 1 fully saturated rings. The van der Waals surface area contributed by atoms with Gasteiger partial charge in [-0.15, -0.1) is 0 Å². The maximum Gasteiger partial charge on any atom is 0.0638 e. The Kier molecular flexibility index (Phi) is 5.38. The van der Waals surface area contributed by atoms with Gasteiger partial charge in [0.15, 0.2) is 0 Å². The van der Waals surface area contributed by atoms with Crippen molar-refractivity contribution in [1.82, 2.24) is 9.80 Å². The van der Waals surface area contributed by atoms with Gasteiger partial charge in [-0.05, 0) is 34.2 Å². The van der Waals surface area contributed by atoms with Gasteiger partial charge >= 0.3 is 0 Å². The maximum atomic E-state index is 5.93. The predicted molar refractivity (Wildman–Crippen MR) is 72.2 cm³/mol. The highest BCUT2D eigenvalue weighted by Crippen LogP contribution is 2.20. The average molecular weight is 243 g/mol. The zero-order valence-corrected chi connectivity index (χ0v) is 12.1. The van der Waals surface area contributed by atoms with Crippen molar-refractivity contribution in [1.29, 1.82) is 0 Å². The fourth-order valence-corrected chi connectivity index (χ4v) is 2.42. The molecule has 0 spiro atoms. The van der Waals surface area contributed by atoms with E-state index in [1.54, 1.807) is 7.11 Å². The molecule has 0 radical (unpaired) electrons. The molecule has 4 nitrogen and oxygen atoms in total. The summed E-state index contributed by atoms with van der Waals surface area (Å²) in [7, 11) is 3.97. The Morgan fingerprint density at radius 2 is 2.06 bits per heavy atom. The Balaban J connectivity index is 2.56. The number of rotatable bonds is 5. The van der Waals surface area contributed by atoms with E-state index >= 15 is 0 Å². The highest BCUT2D eigenvalue weighted by Gasteiger charge is 2.30. The van der Waals surface area contributed by atoms with Gasteiger partial charge in [0.1, 0.15) is 0 Å². The Morgan fingerprint density at radius 3 is 2.53 bits per heavy atom. The van der Waals surface area contributed by atoms with Crippen molar-refractivity contribution in [3.63, 3.8) is 0 Å². The summed E-state index contributed by atoms with van der Waals surface area (Å²) in [6, 6.07) is 1.05. The minimum absolute atomic E-state index is 0.0867. The molecule has 1 aliphatic heterocycles. The minimum Gasteiger partial charge on any atom is -0.379 e. The summed E-state index contributed by atoms with van der Waals surface area (Å²) in [5.74, 6) is 0. The molecule has 0 saturated carbocycles. The molecule has 0 aliphatic carbocycles. The van der Waals surface area contributed by atoms with Crippen molar-refractivity contribution in [2.24, 2.45) is 5.73 Å². The van der Waals surface area contributed by atoms with Crippen LogP contribution in [0.1, 0.15) is 27.2 Å². The van der Waals surface area contributed by atoms with E-state index in [-0.39, 0.29) is 5.60 Å². The second-order valence-corrected chi connectivity index (χ2v) is 5.88. The molecule has 0 bridgehead atoms. The Bertz CT molecular complexity index is 233. The Hall–Kier alpha value is -0.160. The van der Waals surface area contributed by atoms with E-state index in [9.17, 15) is 0 Å². The standard InChI is InChI=1S/C13H29N3O/c1-11-10-16(7-6-15(11)4)12(9-14)8-13(2,3)17-5/h11-12H,6-10,14H2,1-5H3. The van der Waals surface area contributed by atoms with E-state index in [2.05, 4.69) is 37.6 Å². The molecule has 1 rings (SSSR count). The van der Waals surface area contributed by atoms with Crippen molar-refractivity contribution in [3.8, 4) is 0 Å². The normalized spacial score (nSPS) is 26.1. The van der Waals surface area contributed by atoms with Crippen molar-refractivity contribution in [2.75, 3.05) is 40.3 Å². The van der Waals surface area contributed by atoms with Crippen LogP contribution >= 0.6 is 0 Å². The molecule has 2 atom stereocenters. The third-order valence-electron chi connectivity index (χ3n) is 4.06. The lowest BCUT2D eigenvalue weighted by atomic mass is 9.96. The van der Waals surface area contributed by atoms with Crippen LogP contribution in [-0.2, 0) is 4.74 Å². The second-order valence-electron chi connectivity index (χ2n) is 5.88. The zero-order chi connectivity index (χ0) is 13.1. The number of hydrogen-bond acceptors (Lipinski definition) is 4. The van der Waals surface area contributed by atoms with Crippen molar-refractivity contribution in [3.05, 3.63) is 0 Å². The average Bonchev–Trinajstić information content (AvgIpc) is 2.30. The van der Waals surface area contributed by atoms with E-state index in [0.717, 1.165) is 26.1 Å². The molecule has 4 heteroatoms. The highest BCUT2D eigenvalue weighted by molar-refractivity contribution is 4.86. The summed E-state index contributed by atoms with van der Waals surface area (Å²) in [6.45, 7) is 10.6. The van der Waals surface area contributed by atoms with Crippen LogP contribution in [0.2, 0.25) is 0 Å². The topological polar surface area (TPSA) is 41.7 Å². The number of nitrogens with zero attached hydrogens (tertiary/aromatic N) is 2. The summed E-state index contributed by atoms with van der Waals surface area (Å²) in [5, 5.41) is 0. The number of likely N-dealkylation sites (N-methyl/N-ethyl adjacent to an activating group) is 1. The number of methoxy groups -OCH3 is 1. The number of piperazine rings is 1. The molecule has 1 aliphatic rings. The van der Waals surface area contributed by atoms with Gasteiger partial charge < -0.3 is 15.4 Å². The van der Waals surface area contributed by atoms with Crippen molar-refractivity contribution in [2.45, 2.75) is 44.9 Å². The molecular formula is C13H29N3O. The Morgan fingerprint density at radius 1 is 1.41 bits per heavy atom. The van der Waals surface area contributed by atoms with E-state index in [0.29, 0.717) is 18.6 Å². The third kappa shape index (κ3) is 4.21. The van der Waals surface area contributed by atoms with Crippen LogP contribution < -0.4 is 5.73 Å². The van der Waals surface area contributed by atoms with Crippen LogP contribution in [0, 0.1) is 0 Å². The van der Waals surface area contributed by atoms with Crippen LogP contribution in [0.5, 0.6) is 0 Å². The van der Waals surface area contributed by atoms with E-state index in [4.69, 9.17) is 10.5 Å². The summed E-state index contributed by atoms with van der Waals surface area (Å²) in [5.41, 5.74) is 5.85. The largest absolute Gasteiger partial charge is 0.379 e. The Labute approximate surface area is 106 Å². The van der Waals surface area contributed by atoms with E-state index < -0.39 is 0 Å². The molecule has 0 aromatic rings.